The highest BCUT2D eigenvalue weighted by molar-refractivity contribution is 7.92. The zero-order valence-electron chi connectivity index (χ0n) is 19.3. The molecule has 1 fully saturated rings. The Bertz CT molecular complexity index is 1500. The van der Waals surface area contributed by atoms with Crippen molar-refractivity contribution in [2.24, 2.45) is 16.1 Å². The summed E-state index contributed by atoms with van der Waals surface area (Å²) in [6.07, 6.45) is 0.0323. The number of nitro benzene ring substituents is 4. The van der Waals surface area contributed by atoms with Crippen LogP contribution in [0, 0.1) is 46.4 Å². The van der Waals surface area contributed by atoms with E-state index in [4.69, 9.17) is 0 Å². The van der Waals surface area contributed by atoms with Crippen molar-refractivity contribution in [3.05, 3.63) is 76.9 Å². The zero-order valence-corrected chi connectivity index (χ0v) is 20.2. The highest BCUT2D eigenvalue weighted by Crippen LogP contribution is 2.31. The lowest BCUT2D eigenvalue weighted by Gasteiger charge is -2.24. The molecule has 0 saturated carbocycles. The van der Waals surface area contributed by atoms with Gasteiger partial charge in [-0.3, -0.25) is 51.3 Å². The van der Waals surface area contributed by atoms with E-state index >= 15 is 0 Å². The molecule has 1 saturated heterocycles. The van der Waals surface area contributed by atoms with E-state index in [0.29, 0.717) is 0 Å². The Morgan fingerprint density at radius 1 is 0.842 bits per heavy atom. The van der Waals surface area contributed by atoms with Crippen molar-refractivity contribution in [3.8, 4) is 0 Å². The fraction of sp³-hybridized carbons (Fsp3) is 0.263. The summed E-state index contributed by atoms with van der Waals surface area (Å²) in [6.45, 7) is 1.50. The smallest absolute Gasteiger partial charge is 0.272 e. The van der Waals surface area contributed by atoms with E-state index in [2.05, 4.69) is 21.1 Å². The standard InChI is InChI=1S/C19H18N8O10S/c1-11(20-21-15-4-2-12(24(28)29)8-18(15)26(32)33)14-6-7-38(36,37)10-17(14)23-22-16-5-3-13(25(30)31)9-19(16)27(34)35/h2-5,8-9,14,21-22H,6-7,10H2,1H3/b20-11+,23-17+. The van der Waals surface area contributed by atoms with Crippen LogP contribution in [0.15, 0.2) is 46.6 Å². The van der Waals surface area contributed by atoms with Crippen molar-refractivity contribution < 1.29 is 28.1 Å². The minimum atomic E-state index is -3.57. The Kier molecular flexibility index (Phi) is 7.90. The van der Waals surface area contributed by atoms with Crippen molar-refractivity contribution in [2.75, 3.05) is 22.4 Å². The molecule has 1 aliphatic rings. The molecule has 2 aromatic carbocycles. The van der Waals surface area contributed by atoms with E-state index in [1.807, 2.05) is 0 Å². The van der Waals surface area contributed by atoms with Gasteiger partial charge >= 0.3 is 11.4 Å². The average molecular weight is 550 g/mol. The predicted molar refractivity (Wildman–Crippen MR) is 134 cm³/mol. The largest absolute Gasteiger partial charge is 0.301 e. The average Bonchev–Trinajstić information content (AvgIpc) is 2.85. The summed E-state index contributed by atoms with van der Waals surface area (Å²) in [5.74, 6) is -1.44. The summed E-state index contributed by atoms with van der Waals surface area (Å²) in [7, 11) is -3.57. The van der Waals surface area contributed by atoms with E-state index < -0.39 is 64.0 Å². The second-order valence-electron chi connectivity index (χ2n) is 7.94. The molecular formula is C19H18N8O10S. The van der Waals surface area contributed by atoms with Crippen LogP contribution in [0.4, 0.5) is 34.1 Å². The molecule has 200 valence electrons. The monoisotopic (exact) mass is 550 g/mol. The summed E-state index contributed by atoms with van der Waals surface area (Å²) in [5.41, 5.74) is 2.49. The second-order valence-corrected chi connectivity index (χ2v) is 10.1. The molecule has 1 atom stereocenters. The Labute approximate surface area is 212 Å². The van der Waals surface area contributed by atoms with Crippen LogP contribution in [0.2, 0.25) is 0 Å². The van der Waals surface area contributed by atoms with Gasteiger partial charge < -0.3 is 0 Å². The number of nitrogens with one attached hydrogen (secondary N) is 2. The minimum Gasteiger partial charge on any atom is -0.272 e. The number of anilines is 2. The molecule has 0 aliphatic carbocycles. The van der Waals surface area contributed by atoms with Gasteiger partial charge in [-0.05, 0) is 25.5 Å². The van der Waals surface area contributed by atoms with Gasteiger partial charge in [-0.2, -0.15) is 10.2 Å². The molecule has 1 aliphatic heterocycles. The molecule has 0 bridgehead atoms. The first-order chi connectivity index (χ1) is 17.8. The number of hydrogen-bond acceptors (Lipinski definition) is 14. The third-order valence-electron chi connectivity index (χ3n) is 5.44. The summed E-state index contributed by atoms with van der Waals surface area (Å²) in [5, 5.41) is 52.6. The van der Waals surface area contributed by atoms with Crippen molar-refractivity contribution in [1.82, 2.24) is 0 Å². The fourth-order valence-corrected chi connectivity index (χ4v) is 4.99. The van der Waals surface area contributed by atoms with E-state index in [1.165, 1.54) is 6.92 Å². The van der Waals surface area contributed by atoms with E-state index in [1.54, 1.807) is 0 Å². The summed E-state index contributed by atoms with van der Waals surface area (Å²) in [6, 6.07) is 5.70. The summed E-state index contributed by atoms with van der Waals surface area (Å²) < 4.78 is 24.5. The molecule has 0 radical (unpaired) electrons. The van der Waals surface area contributed by atoms with Crippen LogP contribution in [-0.4, -0.2) is 51.0 Å². The molecule has 0 amide bonds. The van der Waals surface area contributed by atoms with Crippen LogP contribution in [0.25, 0.3) is 0 Å². The van der Waals surface area contributed by atoms with Crippen LogP contribution in [0.3, 0.4) is 0 Å². The summed E-state index contributed by atoms with van der Waals surface area (Å²) in [4.78, 5) is 41.2. The lowest BCUT2D eigenvalue weighted by atomic mass is 9.96. The molecule has 2 aromatic rings. The van der Waals surface area contributed by atoms with Crippen LogP contribution < -0.4 is 10.9 Å². The number of hydrogen-bond donors (Lipinski definition) is 2. The number of rotatable bonds is 9. The molecule has 19 heteroatoms. The molecular weight excluding hydrogens is 532 g/mol. The highest BCUT2D eigenvalue weighted by Gasteiger charge is 2.32. The SMILES string of the molecule is C/C(=N\Nc1ccc([N+](=O)[O-])cc1[N+](=O)[O-])C1CCS(=O)(=O)C/C1=N\Nc1ccc([N+](=O)[O-])cc1[N+](=O)[O-]. The van der Waals surface area contributed by atoms with Gasteiger partial charge in [0.05, 0.1) is 49.0 Å². The number of sulfone groups is 1. The minimum absolute atomic E-state index is 0.0323. The molecule has 3 rings (SSSR count). The highest BCUT2D eigenvalue weighted by atomic mass is 32.2. The molecule has 18 nitrogen and oxygen atoms in total. The number of nitrogens with zero attached hydrogens (tertiary/aromatic N) is 6. The zero-order chi connectivity index (χ0) is 28.2. The topological polar surface area (TPSA) is 255 Å². The van der Waals surface area contributed by atoms with Gasteiger partial charge in [-0.25, -0.2) is 8.42 Å². The van der Waals surface area contributed by atoms with E-state index in [-0.39, 0.29) is 35.0 Å². The number of non-ortho nitro benzene ring substituents is 2. The Morgan fingerprint density at radius 2 is 1.34 bits per heavy atom. The van der Waals surface area contributed by atoms with Crippen molar-refractivity contribution in [2.45, 2.75) is 13.3 Å². The predicted octanol–water partition coefficient (Wildman–Crippen LogP) is 3.01. The van der Waals surface area contributed by atoms with Gasteiger partial charge in [0, 0.05) is 23.8 Å². The first-order valence-corrected chi connectivity index (χ1v) is 12.3. The lowest BCUT2D eigenvalue weighted by Crippen LogP contribution is -2.37. The number of hydrazone groups is 2. The van der Waals surface area contributed by atoms with Gasteiger partial charge in [0.25, 0.3) is 11.4 Å². The van der Waals surface area contributed by atoms with Crippen molar-refractivity contribution in [3.63, 3.8) is 0 Å². The van der Waals surface area contributed by atoms with Crippen molar-refractivity contribution in [1.29, 1.82) is 0 Å². The maximum atomic E-state index is 12.2. The maximum Gasteiger partial charge on any atom is 0.301 e. The Hall–Kier alpha value is -5.07. The van der Waals surface area contributed by atoms with Crippen LogP contribution in [-0.2, 0) is 9.84 Å². The number of benzene rings is 2. The molecule has 0 aromatic heterocycles. The Morgan fingerprint density at radius 3 is 1.82 bits per heavy atom. The van der Waals surface area contributed by atoms with Crippen molar-refractivity contribution >= 4 is 55.4 Å². The van der Waals surface area contributed by atoms with Crippen LogP contribution >= 0.6 is 0 Å². The normalized spacial score (nSPS) is 18.0. The lowest BCUT2D eigenvalue weighted by molar-refractivity contribution is -0.393. The van der Waals surface area contributed by atoms with E-state index in [9.17, 15) is 48.9 Å². The van der Waals surface area contributed by atoms with Gasteiger partial charge in [0.2, 0.25) is 0 Å². The van der Waals surface area contributed by atoms with Gasteiger partial charge in [0.15, 0.2) is 9.84 Å². The maximum absolute atomic E-state index is 12.2. The third kappa shape index (κ3) is 6.37. The van der Waals surface area contributed by atoms with Gasteiger partial charge in [0.1, 0.15) is 11.4 Å². The Balaban J connectivity index is 1.92. The fourth-order valence-electron chi connectivity index (χ4n) is 3.54. The molecule has 38 heavy (non-hydrogen) atoms. The first kappa shape index (κ1) is 27.5. The molecule has 0 spiro atoms. The molecule has 1 heterocycles. The quantitative estimate of drug-likeness (QED) is 0.259. The van der Waals surface area contributed by atoms with E-state index in [0.717, 1.165) is 36.4 Å². The second kappa shape index (κ2) is 10.9. The number of nitro groups is 4. The third-order valence-corrected chi connectivity index (χ3v) is 7.04. The first-order valence-electron chi connectivity index (χ1n) is 10.5. The molecule has 1 unspecified atom stereocenters. The van der Waals surface area contributed by atoms with Gasteiger partial charge in [-0.1, -0.05) is 0 Å². The van der Waals surface area contributed by atoms with Gasteiger partial charge in [-0.15, -0.1) is 0 Å². The van der Waals surface area contributed by atoms with Crippen LogP contribution in [0.5, 0.6) is 0 Å². The molecule has 2 N–H and O–H groups in total. The summed E-state index contributed by atoms with van der Waals surface area (Å²) >= 11 is 0. The van der Waals surface area contributed by atoms with Crippen LogP contribution in [0.1, 0.15) is 13.3 Å².